The van der Waals surface area contributed by atoms with Crippen LogP contribution in [0, 0.1) is 19.8 Å². The molecule has 1 aromatic rings. The number of aryl methyl sites for hydroxylation is 2. The number of aliphatic carboxylic acids is 1. The fourth-order valence-corrected chi connectivity index (χ4v) is 2.91. The van der Waals surface area contributed by atoms with E-state index in [9.17, 15) is 9.59 Å². The van der Waals surface area contributed by atoms with Gasteiger partial charge in [0.15, 0.2) is 0 Å². The van der Waals surface area contributed by atoms with Crippen LogP contribution in [0.5, 0.6) is 0 Å². The topological polar surface area (TPSA) is 70.5 Å². The van der Waals surface area contributed by atoms with Gasteiger partial charge in [-0.2, -0.15) is 0 Å². The van der Waals surface area contributed by atoms with Crippen LogP contribution in [0.25, 0.3) is 0 Å². The minimum absolute atomic E-state index is 0.0862. The standard InChI is InChI=1S/C11H14N2O3S/c1-6-9(17-7(2)12-6)10(14)13-4-3-8(5-13)11(15)16/h8H,3-5H2,1-2H3,(H,15,16)/t8-/m0/s1. The average molecular weight is 254 g/mol. The van der Waals surface area contributed by atoms with E-state index in [0.717, 1.165) is 10.7 Å². The molecule has 1 fully saturated rings. The molecular weight excluding hydrogens is 240 g/mol. The Morgan fingerprint density at radius 2 is 2.18 bits per heavy atom. The zero-order chi connectivity index (χ0) is 12.6. The summed E-state index contributed by atoms with van der Waals surface area (Å²) in [5.41, 5.74) is 0.733. The second-order valence-corrected chi connectivity index (χ2v) is 5.43. The van der Waals surface area contributed by atoms with Crippen molar-refractivity contribution < 1.29 is 14.7 Å². The van der Waals surface area contributed by atoms with Gasteiger partial charge in [0.05, 0.1) is 16.6 Å². The summed E-state index contributed by atoms with van der Waals surface area (Å²) in [5, 5.41) is 9.76. The number of carboxylic acids is 1. The van der Waals surface area contributed by atoms with Gasteiger partial charge in [0, 0.05) is 13.1 Å². The van der Waals surface area contributed by atoms with Crippen molar-refractivity contribution in [2.24, 2.45) is 5.92 Å². The van der Waals surface area contributed by atoms with E-state index in [1.54, 1.807) is 4.90 Å². The fraction of sp³-hybridized carbons (Fsp3) is 0.545. The summed E-state index contributed by atoms with van der Waals surface area (Å²) in [5.74, 6) is -1.33. The van der Waals surface area contributed by atoms with E-state index < -0.39 is 11.9 Å². The lowest BCUT2D eigenvalue weighted by atomic mass is 10.1. The molecule has 2 rings (SSSR count). The number of carboxylic acid groups (broad SMARTS) is 1. The summed E-state index contributed by atoms with van der Waals surface area (Å²) >= 11 is 1.37. The SMILES string of the molecule is Cc1nc(C)c(C(=O)N2CC[C@H](C(=O)O)C2)s1. The summed E-state index contributed by atoms with van der Waals surface area (Å²) in [6, 6.07) is 0. The average Bonchev–Trinajstić information content (AvgIpc) is 2.84. The number of carbonyl (C=O) groups is 2. The smallest absolute Gasteiger partial charge is 0.308 e. The fourth-order valence-electron chi connectivity index (χ4n) is 2.02. The monoisotopic (exact) mass is 254 g/mol. The van der Waals surface area contributed by atoms with Crippen molar-refractivity contribution in [1.82, 2.24) is 9.88 Å². The number of rotatable bonds is 2. The van der Waals surface area contributed by atoms with Crippen LogP contribution in [0.2, 0.25) is 0 Å². The lowest BCUT2D eigenvalue weighted by Gasteiger charge is -2.14. The molecule has 0 aromatic carbocycles. The van der Waals surface area contributed by atoms with Gasteiger partial charge in [0.1, 0.15) is 4.88 Å². The Kier molecular flexibility index (Phi) is 3.15. The molecular formula is C11H14N2O3S. The Morgan fingerprint density at radius 3 is 2.65 bits per heavy atom. The molecule has 92 valence electrons. The Morgan fingerprint density at radius 1 is 1.47 bits per heavy atom. The third kappa shape index (κ3) is 2.31. The van der Waals surface area contributed by atoms with Crippen LogP contribution in [-0.2, 0) is 4.79 Å². The first kappa shape index (κ1) is 12.0. The van der Waals surface area contributed by atoms with Crippen molar-refractivity contribution in [2.45, 2.75) is 20.3 Å². The molecule has 1 aliphatic heterocycles. The Hall–Kier alpha value is -1.43. The van der Waals surface area contributed by atoms with Crippen LogP contribution >= 0.6 is 11.3 Å². The van der Waals surface area contributed by atoms with E-state index in [2.05, 4.69) is 4.98 Å². The van der Waals surface area contributed by atoms with Crippen molar-refractivity contribution in [3.05, 3.63) is 15.6 Å². The second-order valence-electron chi connectivity index (χ2n) is 4.22. The number of carbonyl (C=O) groups excluding carboxylic acids is 1. The van der Waals surface area contributed by atoms with E-state index in [1.807, 2.05) is 13.8 Å². The number of likely N-dealkylation sites (tertiary alicyclic amines) is 1. The lowest BCUT2D eigenvalue weighted by molar-refractivity contribution is -0.141. The maximum atomic E-state index is 12.2. The van der Waals surface area contributed by atoms with Gasteiger partial charge in [-0.25, -0.2) is 4.98 Å². The van der Waals surface area contributed by atoms with E-state index in [4.69, 9.17) is 5.11 Å². The maximum Gasteiger partial charge on any atom is 0.308 e. The van der Waals surface area contributed by atoms with Crippen molar-refractivity contribution >= 4 is 23.2 Å². The van der Waals surface area contributed by atoms with E-state index in [-0.39, 0.29) is 5.91 Å². The summed E-state index contributed by atoms with van der Waals surface area (Å²) in [7, 11) is 0. The molecule has 0 aliphatic carbocycles. The Labute approximate surface area is 103 Å². The van der Waals surface area contributed by atoms with Crippen LogP contribution < -0.4 is 0 Å². The molecule has 0 spiro atoms. The van der Waals surface area contributed by atoms with Gasteiger partial charge in [-0.05, 0) is 20.3 Å². The molecule has 0 bridgehead atoms. The van der Waals surface area contributed by atoms with Gasteiger partial charge in [0.25, 0.3) is 5.91 Å². The van der Waals surface area contributed by atoms with Gasteiger partial charge >= 0.3 is 5.97 Å². The molecule has 17 heavy (non-hydrogen) atoms. The highest BCUT2D eigenvalue weighted by atomic mass is 32.1. The lowest BCUT2D eigenvalue weighted by Crippen LogP contribution is -2.29. The van der Waals surface area contributed by atoms with E-state index >= 15 is 0 Å². The maximum absolute atomic E-state index is 12.2. The molecule has 0 radical (unpaired) electrons. The van der Waals surface area contributed by atoms with Gasteiger partial charge in [0.2, 0.25) is 0 Å². The largest absolute Gasteiger partial charge is 0.481 e. The molecule has 1 atom stereocenters. The molecule has 1 N–H and O–H groups in total. The van der Waals surface area contributed by atoms with Crippen molar-refractivity contribution in [1.29, 1.82) is 0 Å². The minimum atomic E-state index is -0.822. The van der Waals surface area contributed by atoms with E-state index in [0.29, 0.717) is 24.4 Å². The van der Waals surface area contributed by atoms with Gasteiger partial charge < -0.3 is 10.0 Å². The first-order chi connectivity index (χ1) is 7.99. The van der Waals surface area contributed by atoms with Crippen LogP contribution in [0.15, 0.2) is 0 Å². The Bertz CT molecular complexity index is 469. The minimum Gasteiger partial charge on any atom is -0.481 e. The molecule has 1 amide bonds. The number of hydrogen-bond donors (Lipinski definition) is 1. The van der Waals surface area contributed by atoms with Crippen LogP contribution in [0.3, 0.4) is 0 Å². The highest BCUT2D eigenvalue weighted by molar-refractivity contribution is 7.13. The number of aromatic nitrogens is 1. The molecule has 6 heteroatoms. The molecule has 2 heterocycles. The highest BCUT2D eigenvalue weighted by Crippen LogP contribution is 2.23. The predicted octanol–water partition coefficient (Wildman–Crippen LogP) is 1.31. The molecule has 1 aliphatic rings. The second kappa shape index (κ2) is 4.44. The third-order valence-electron chi connectivity index (χ3n) is 2.92. The van der Waals surface area contributed by atoms with Gasteiger partial charge in [-0.3, -0.25) is 9.59 Å². The summed E-state index contributed by atoms with van der Waals surface area (Å²) in [4.78, 5) is 29.4. The molecule has 5 nitrogen and oxygen atoms in total. The normalized spacial score (nSPS) is 19.6. The van der Waals surface area contributed by atoms with Crippen molar-refractivity contribution in [3.63, 3.8) is 0 Å². The molecule has 1 saturated heterocycles. The molecule has 0 unspecified atom stereocenters. The predicted molar refractivity (Wildman–Crippen MR) is 63.2 cm³/mol. The summed E-state index contributed by atoms with van der Waals surface area (Å²) in [6.45, 7) is 4.50. The Balaban J connectivity index is 2.12. The zero-order valence-electron chi connectivity index (χ0n) is 9.77. The number of hydrogen-bond acceptors (Lipinski definition) is 4. The number of thiazole rings is 1. The van der Waals surface area contributed by atoms with Crippen LogP contribution in [0.1, 0.15) is 26.8 Å². The first-order valence-electron chi connectivity index (χ1n) is 5.45. The summed E-state index contributed by atoms with van der Waals surface area (Å²) in [6.07, 6.45) is 0.540. The zero-order valence-corrected chi connectivity index (χ0v) is 10.6. The quantitative estimate of drug-likeness (QED) is 0.863. The number of amides is 1. The molecule has 0 saturated carbocycles. The highest BCUT2D eigenvalue weighted by Gasteiger charge is 2.32. The van der Waals surface area contributed by atoms with Crippen LogP contribution in [0.4, 0.5) is 0 Å². The van der Waals surface area contributed by atoms with Crippen LogP contribution in [-0.4, -0.2) is 40.0 Å². The summed E-state index contributed by atoms with van der Waals surface area (Å²) < 4.78 is 0. The first-order valence-corrected chi connectivity index (χ1v) is 6.27. The number of nitrogens with zero attached hydrogens (tertiary/aromatic N) is 2. The van der Waals surface area contributed by atoms with Gasteiger partial charge in [-0.1, -0.05) is 0 Å². The van der Waals surface area contributed by atoms with Crippen molar-refractivity contribution in [3.8, 4) is 0 Å². The van der Waals surface area contributed by atoms with E-state index in [1.165, 1.54) is 11.3 Å². The van der Waals surface area contributed by atoms with Gasteiger partial charge in [-0.15, -0.1) is 11.3 Å². The molecule has 1 aromatic heterocycles. The van der Waals surface area contributed by atoms with Crippen molar-refractivity contribution in [2.75, 3.05) is 13.1 Å². The third-order valence-corrected chi connectivity index (χ3v) is 3.98.